The van der Waals surface area contributed by atoms with Crippen molar-refractivity contribution in [2.45, 2.75) is 6.54 Å². The Hall–Kier alpha value is -3.32. The molecular formula is C19H14N4O2S. The van der Waals surface area contributed by atoms with Crippen molar-refractivity contribution in [3.8, 4) is 0 Å². The summed E-state index contributed by atoms with van der Waals surface area (Å²) in [4.78, 5) is 34.0. The molecule has 128 valence electrons. The fourth-order valence-electron chi connectivity index (χ4n) is 2.73. The highest BCUT2D eigenvalue weighted by Gasteiger charge is 2.17. The van der Waals surface area contributed by atoms with Crippen LogP contribution in [0, 0.1) is 0 Å². The number of nitrogens with zero attached hydrogens (tertiary/aromatic N) is 3. The van der Waals surface area contributed by atoms with E-state index in [1.165, 1.54) is 15.9 Å². The van der Waals surface area contributed by atoms with Crippen LogP contribution in [0.5, 0.6) is 0 Å². The molecule has 1 amide bonds. The van der Waals surface area contributed by atoms with Crippen LogP contribution in [0.3, 0.4) is 0 Å². The molecule has 0 radical (unpaired) electrons. The molecule has 0 unspecified atom stereocenters. The predicted octanol–water partition coefficient (Wildman–Crippen LogP) is 3.15. The molecular weight excluding hydrogens is 348 g/mol. The van der Waals surface area contributed by atoms with Crippen LogP contribution in [-0.4, -0.2) is 20.4 Å². The Labute approximate surface area is 152 Å². The molecule has 26 heavy (non-hydrogen) atoms. The van der Waals surface area contributed by atoms with Gasteiger partial charge in [-0.05, 0) is 23.8 Å². The van der Waals surface area contributed by atoms with Gasteiger partial charge in [0.2, 0.25) is 0 Å². The molecule has 0 spiro atoms. The molecule has 4 rings (SSSR count). The third kappa shape index (κ3) is 3.12. The minimum atomic E-state index is -0.475. The number of thiazole rings is 1. The van der Waals surface area contributed by atoms with Crippen molar-refractivity contribution in [1.82, 2.24) is 14.5 Å². The molecule has 0 fully saturated rings. The van der Waals surface area contributed by atoms with E-state index in [-0.39, 0.29) is 11.1 Å². The maximum absolute atomic E-state index is 13.0. The van der Waals surface area contributed by atoms with Gasteiger partial charge in [0.1, 0.15) is 11.2 Å². The average molecular weight is 362 g/mol. The summed E-state index contributed by atoms with van der Waals surface area (Å²) in [6.45, 7) is 0.339. The number of hydrogen-bond acceptors (Lipinski definition) is 5. The summed E-state index contributed by atoms with van der Waals surface area (Å²) in [5.74, 6) is -0.475. The molecule has 0 aliphatic carbocycles. The largest absolute Gasteiger partial charge is 0.298 e. The molecule has 1 N–H and O–H groups in total. The van der Waals surface area contributed by atoms with E-state index in [2.05, 4.69) is 15.3 Å². The zero-order valence-corrected chi connectivity index (χ0v) is 14.4. The lowest BCUT2D eigenvalue weighted by molar-refractivity contribution is 0.102. The maximum atomic E-state index is 13.0. The van der Waals surface area contributed by atoms with Gasteiger partial charge in [-0.2, -0.15) is 0 Å². The average Bonchev–Trinajstić information content (AvgIpc) is 3.17. The van der Waals surface area contributed by atoms with Crippen LogP contribution in [0.1, 0.15) is 15.9 Å². The molecule has 0 atom stereocenters. The number of carbonyl (C=O) groups is 1. The summed E-state index contributed by atoms with van der Waals surface area (Å²) in [5.41, 5.74) is 1.19. The van der Waals surface area contributed by atoms with Gasteiger partial charge in [-0.25, -0.2) is 9.97 Å². The fraction of sp³-hybridized carbons (Fsp3) is 0.0526. The van der Waals surface area contributed by atoms with E-state index in [9.17, 15) is 9.59 Å². The Balaban J connectivity index is 1.83. The fourth-order valence-corrected chi connectivity index (χ4v) is 3.26. The predicted molar refractivity (Wildman–Crippen MR) is 102 cm³/mol. The third-order valence-corrected chi connectivity index (χ3v) is 4.62. The van der Waals surface area contributed by atoms with Gasteiger partial charge in [0.05, 0.1) is 6.54 Å². The van der Waals surface area contributed by atoms with Crippen molar-refractivity contribution in [2.75, 3.05) is 5.32 Å². The number of fused-ring (bicyclic) bond motifs is 1. The summed E-state index contributed by atoms with van der Waals surface area (Å²) < 4.78 is 1.53. The van der Waals surface area contributed by atoms with Gasteiger partial charge in [-0.1, -0.05) is 30.3 Å². The van der Waals surface area contributed by atoms with Crippen molar-refractivity contribution >= 4 is 33.4 Å². The van der Waals surface area contributed by atoms with Gasteiger partial charge >= 0.3 is 0 Å². The molecule has 0 bridgehead atoms. The number of anilines is 1. The van der Waals surface area contributed by atoms with Crippen molar-refractivity contribution < 1.29 is 4.79 Å². The zero-order chi connectivity index (χ0) is 17.9. The van der Waals surface area contributed by atoms with E-state index in [1.807, 2.05) is 36.4 Å². The van der Waals surface area contributed by atoms with E-state index < -0.39 is 5.91 Å². The van der Waals surface area contributed by atoms with Crippen molar-refractivity contribution in [2.24, 2.45) is 0 Å². The van der Waals surface area contributed by atoms with Crippen molar-refractivity contribution in [3.05, 3.63) is 87.8 Å². The summed E-state index contributed by atoms with van der Waals surface area (Å²) in [7, 11) is 0. The highest BCUT2D eigenvalue weighted by molar-refractivity contribution is 7.13. The van der Waals surface area contributed by atoms with E-state index in [1.54, 1.807) is 29.9 Å². The summed E-state index contributed by atoms with van der Waals surface area (Å²) in [6.07, 6.45) is 3.23. The molecule has 0 aliphatic heterocycles. The van der Waals surface area contributed by atoms with E-state index >= 15 is 0 Å². The van der Waals surface area contributed by atoms with E-state index in [0.717, 1.165) is 10.9 Å². The normalized spacial score (nSPS) is 10.8. The minimum absolute atomic E-state index is 0.0663. The first-order chi connectivity index (χ1) is 12.7. The molecule has 0 saturated carbocycles. The monoisotopic (exact) mass is 362 g/mol. The lowest BCUT2D eigenvalue weighted by Crippen LogP contribution is -2.30. The number of nitrogens with one attached hydrogen (secondary N) is 1. The first-order valence-corrected chi connectivity index (χ1v) is 8.84. The molecule has 0 aliphatic rings. The van der Waals surface area contributed by atoms with Gasteiger partial charge in [-0.15, -0.1) is 11.3 Å². The van der Waals surface area contributed by atoms with E-state index in [0.29, 0.717) is 17.3 Å². The summed E-state index contributed by atoms with van der Waals surface area (Å²) >= 11 is 1.30. The quantitative estimate of drug-likeness (QED) is 0.605. The highest BCUT2D eigenvalue weighted by atomic mass is 32.1. The second-order valence-electron chi connectivity index (χ2n) is 5.64. The van der Waals surface area contributed by atoms with Gasteiger partial charge in [0.15, 0.2) is 5.13 Å². The van der Waals surface area contributed by atoms with Gasteiger partial charge < -0.3 is 0 Å². The first-order valence-electron chi connectivity index (χ1n) is 7.96. The van der Waals surface area contributed by atoms with Crippen LogP contribution in [0.4, 0.5) is 5.13 Å². The molecule has 0 saturated heterocycles. The van der Waals surface area contributed by atoms with Gasteiger partial charge in [0.25, 0.3) is 11.5 Å². The van der Waals surface area contributed by atoms with Crippen LogP contribution in [0.15, 0.2) is 71.1 Å². The topological polar surface area (TPSA) is 76.9 Å². The van der Waals surface area contributed by atoms with Crippen molar-refractivity contribution in [3.63, 3.8) is 0 Å². The number of hydrogen-bond donors (Lipinski definition) is 1. The van der Waals surface area contributed by atoms with Crippen LogP contribution in [0.2, 0.25) is 0 Å². The Kier molecular flexibility index (Phi) is 4.28. The third-order valence-electron chi connectivity index (χ3n) is 3.93. The summed E-state index contributed by atoms with van der Waals surface area (Å²) in [5, 5.41) is 5.61. The second-order valence-corrected chi connectivity index (χ2v) is 6.54. The SMILES string of the molecule is O=C(Nc1nccs1)c1cc2cccnc2n(Cc2ccccc2)c1=O. The van der Waals surface area contributed by atoms with Crippen LogP contribution in [0.25, 0.3) is 11.0 Å². The Bertz CT molecular complexity index is 1120. The highest BCUT2D eigenvalue weighted by Crippen LogP contribution is 2.15. The number of amides is 1. The molecule has 6 nitrogen and oxygen atoms in total. The Morgan fingerprint density at radius 2 is 1.92 bits per heavy atom. The molecule has 3 aromatic heterocycles. The first kappa shape index (κ1) is 16.2. The number of aromatic nitrogens is 3. The van der Waals surface area contributed by atoms with Crippen LogP contribution >= 0.6 is 11.3 Å². The molecule has 1 aromatic carbocycles. The van der Waals surface area contributed by atoms with Gasteiger partial charge in [-0.3, -0.25) is 19.5 Å². The van der Waals surface area contributed by atoms with Gasteiger partial charge in [0, 0.05) is 23.2 Å². The number of carbonyl (C=O) groups excluding carboxylic acids is 1. The second kappa shape index (κ2) is 6.89. The van der Waals surface area contributed by atoms with Crippen molar-refractivity contribution in [1.29, 1.82) is 0 Å². The van der Waals surface area contributed by atoms with Crippen LogP contribution < -0.4 is 10.9 Å². The smallest absolute Gasteiger partial charge is 0.265 e. The Morgan fingerprint density at radius 3 is 2.69 bits per heavy atom. The zero-order valence-electron chi connectivity index (χ0n) is 13.6. The molecule has 7 heteroatoms. The van der Waals surface area contributed by atoms with Crippen LogP contribution in [-0.2, 0) is 6.54 Å². The summed E-state index contributed by atoms with van der Waals surface area (Å²) in [6, 6.07) is 14.8. The number of benzene rings is 1. The lowest BCUT2D eigenvalue weighted by Gasteiger charge is -2.12. The number of rotatable bonds is 4. The molecule has 3 heterocycles. The standard InChI is InChI=1S/C19H14N4O2S/c24-17(22-19-21-9-10-26-19)15-11-14-7-4-8-20-16(14)23(18(15)25)12-13-5-2-1-3-6-13/h1-11H,12H2,(H,21,22,24). The number of pyridine rings is 2. The minimum Gasteiger partial charge on any atom is -0.298 e. The van der Waals surface area contributed by atoms with E-state index in [4.69, 9.17) is 0 Å². The maximum Gasteiger partial charge on any atom is 0.265 e. The lowest BCUT2D eigenvalue weighted by atomic mass is 10.1. The molecule has 4 aromatic rings. The Morgan fingerprint density at radius 1 is 1.08 bits per heavy atom.